The Labute approximate surface area is 100 Å². The Bertz CT molecular complexity index is 415. The molecule has 0 bridgehead atoms. The van der Waals surface area contributed by atoms with Gasteiger partial charge in [0.25, 0.3) is 0 Å². The topological polar surface area (TPSA) is 45.2 Å². The van der Waals surface area contributed by atoms with Gasteiger partial charge in [-0.05, 0) is 12.1 Å². The van der Waals surface area contributed by atoms with Crippen molar-refractivity contribution in [3.8, 4) is 0 Å². The van der Waals surface area contributed by atoms with Crippen LogP contribution in [0.3, 0.4) is 0 Å². The van der Waals surface area contributed by atoms with Crippen LogP contribution < -0.4 is 5.32 Å². The number of para-hydroxylation sites is 1. The number of rotatable bonds is 1. The lowest BCUT2D eigenvalue weighted by Gasteiger charge is -2.01. The van der Waals surface area contributed by atoms with Crippen LogP contribution in [0.2, 0.25) is 0 Å². The molecule has 1 saturated heterocycles. The summed E-state index contributed by atoms with van der Waals surface area (Å²) in [6.07, 6.45) is 2.67. The second kappa shape index (κ2) is 5.96. The van der Waals surface area contributed by atoms with E-state index in [0.717, 1.165) is 31.7 Å². The third kappa shape index (κ3) is 3.26. The van der Waals surface area contributed by atoms with Gasteiger partial charge in [-0.25, -0.2) is 0 Å². The molecule has 4 nitrogen and oxygen atoms in total. The van der Waals surface area contributed by atoms with Gasteiger partial charge in [0.2, 0.25) is 6.41 Å². The van der Waals surface area contributed by atoms with Crippen molar-refractivity contribution in [3.05, 3.63) is 42.6 Å². The molecule has 0 radical (unpaired) electrons. The van der Waals surface area contributed by atoms with Crippen LogP contribution in [-0.2, 0) is 4.79 Å². The van der Waals surface area contributed by atoms with Crippen molar-refractivity contribution in [2.45, 2.75) is 0 Å². The van der Waals surface area contributed by atoms with E-state index in [2.05, 4.69) is 22.4 Å². The first kappa shape index (κ1) is 11.5. The molecule has 1 aliphatic rings. The minimum atomic E-state index is 0.726. The van der Waals surface area contributed by atoms with Gasteiger partial charge >= 0.3 is 0 Å². The fourth-order valence-corrected chi connectivity index (χ4v) is 1.63. The van der Waals surface area contributed by atoms with E-state index >= 15 is 0 Å². The normalized spacial score (nSPS) is 14.2. The van der Waals surface area contributed by atoms with E-state index < -0.39 is 0 Å². The van der Waals surface area contributed by atoms with E-state index in [1.54, 1.807) is 4.90 Å². The predicted octanol–water partition coefficient (Wildman–Crippen LogP) is 1.24. The lowest BCUT2D eigenvalue weighted by molar-refractivity contribution is -0.117. The quantitative estimate of drug-likeness (QED) is 0.748. The van der Waals surface area contributed by atoms with Crippen molar-refractivity contribution >= 4 is 17.3 Å². The van der Waals surface area contributed by atoms with Gasteiger partial charge in [0.15, 0.2) is 0 Å². The number of aromatic nitrogens is 1. The van der Waals surface area contributed by atoms with Crippen LogP contribution in [0.4, 0.5) is 0 Å². The third-order valence-corrected chi connectivity index (χ3v) is 2.55. The van der Waals surface area contributed by atoms with E-state index in [4.69, 9.17) is 0 Å². The van der Waals surface area contributed by atoms with Gasteiger partial charge in [-0.1, -0.05) is 24.3 Å². The zero-order valence-electron chi connectivity index (χ0n) is 9.54. The molecule has 2 aromatic rings. The van der Waals surface area contributed by atoms with Gasteiger partial charge in [-0.15, -0.1) is 0 Å². The zero-order chi connectivity index (χ0) is 11.9. The van der Waals surface area contributed by atoms with Crippen LogP contribution in [0.25, 0.3) is 10.9 Å². The van der Waals surface area contributed by atoms with Crippen molar-refractivity contribution in [1.82, 2.24) is 15.2 Å². The van der Waals surface area contributed by atoms with Gasteiger partial charge < -0.3 is 4.90 Å². The number of pyridine rings is 1. The molecule has 0 atom stereocenters. The molecule has 0 spiro atoms. The minimum absolute atomic E-state index is 0.726. The molecular formula is C13H15N3O. The highest BCUT2D eigenvalue weighted by atomic mass is 16.1. The number of carbonyl (C=O) groups excluding carboxylic acids is 1. The Kier molecular flexibility index (Phi) is 4.05. The second-order valence-corrected chi connectivity index (χ2v) is 3.77. The molecule has 88 valence electrons. The molecule has 2 heterocycles. The van der Waals surface area contributed by atoms with E-state index in [0.29, 0.717) is 0 Å². The lowest BCUT2D eigenvalue weighted by Crippen LogP contribution is -2.19. The number of amides is 1. The van der Waals surface area contributed by atoms with E-state index in [1.165, 1.54) is 5.39 Å². The summed E-state index contributed by atoms with van der Waals surface area (Å²) in [5, 5.41) is 4.22. The summed E-state index contributed by atoms with van der Waals surface area (Å²) in [5.74, 6) is 0. The summed E-state index contributed by atoms with van der Waals surface area (Å²) in [4.78, 5) is 15.8. The fraction of sp³-hybridized carbons (Fsp3) is 0.231. The van der Waals surface area contributed by atoms with E-state index in [-0.39, 0.29) is 0 Å². The van der Waals surface area contributed by atoms with Crippen molar-refractivity contribution in [2.24, 2.45) is 0 Å². The van der Waals surface area contributed by atoms with Gasteiger partial charge in [-0.2, -0.15) is 0 Å². The Balaban J connectivity index is 0.000000136. The maximum absolute atomic E-state index is 9.89. The number of fused-ring (bicyclic) bond motifs is 1. The third-order valence-electron chi connectivity index (χ3n) is 2.55. The Morgan fingerprint density at radius 2 is 2.06 bits per heavy atom. The van der Waals surface area contributed by atoms with Gasteiger partial charge in [0.1, 0.15) is 0 Å². The van der Waals surface area contributed by atoms with Crippen LogP contribution in [0.1, 0.15) is 0 Å². The molecule has 1 aromatic heterocycles. The van der Waals surface area contributed by atoms with Gasteiger partial charge in [0, 0.05) is 24.7 Å². The molecule has 1 fully saturated rings. The van der Waals surface area contributed by atoms with Crippen LogP contribution in [0, 0.1) is 0 Å². The molecule has 4 heteroatoms. The van der Waals surface area contributed by atoms with Gasteiger partial charge in [0.05, 0.1) is 12.2 Å². The molecule has 1 aliphatic heterocycles. The number of hydrogen-bond acceptors (Lipinski definition) is 3. The maximum atomic E-state index is 9.89. The van der Waals surface area contributed by atoms with Crippen molar-refractivity contribution < 1.29 is 4.79 Å². The summed E-state index contributed by atoms with van der Waals surface area (Å²) >= 11 is 0. The Hall–Kier alpha value is -1.94. The average Bonchev–Trinajstić information content (AvgIpc) is 2.93. The molecular weight excluding hydrogens is 214 g/mol. The number of nitrogens with zero attached hydrogens (tertiary/aromatic N) is 2. The van der Waals surface area contributed by atoms with Crippen LogP contribution in [0.15, 0.2) is 42.6 Å². The fourth-order valence-electron chi connectivity index (χ4n) is 1.63. The Morgan fingerprint density at radius 3 is 2.71 bits per heavy atom. The van der Waals surface area contributed by atoms with E-state index in [1.807, 2.05) is 30.5 Å². The van der Waals surface area contributed by atoms with Crippen LogP contribution >= 0.6 is 0 Å². The number of hydrogen-bond donors (Lipinski definition) is 1. The first-order chi connectivity index (χ1) is 8.40. The number of nitrogens with one attached hydrogen (secondary N) is 1. The summed E-state index contributed by atoms with van der Waals surface area (Å²) in [6, 6.07) is 12.1. The van der Waals surface area contributed by atoms with E-state index in [9.17, 15) is 4.79 Å². The van der Waals surface area contributed by atoms with Crippen molar-refractivity contribution in [3.63, 3.8) is 0 Å². The zero-order valence-corrected chi connectivity index (χ0v) is 9.54. The molecule has 1 N–H and O–H groups in total. The van der Waals surface area contributed by atoms with Crippen LogP contribution in [-0.4, -0.2) is 36.1 Å². The first-order valence-corrected chi connectivity index (χ1v) is 5.60. The molecule has 0 unspecified atom stereocenters. The Morgan fingerprint density at radius 1 is 1.24 bits per heavy atom. The van der Waals surface area contributed by atoms with Gasteiger partial charge in [-0.3, -0.25) is 15.1 Å². The molecule has 1 aromatic carbocycles. The maximum Gasteiger partial charge on any atom is 0.210 e. The molecule has 3 rings (SSSR count). The largest absolute Gasteiger partial charge is 0.331 e. The van der Waals surface area contributed by atoms with Crippen molar-refractivity contribution in [2.75, 3.05) is 19.8 Å². The standard InChI is InChI=1S/C9H7N.C4H8N2O/c1-2-6-9-8(4-1)5-3-7-10-9;7-4-6-2-1-5-3-6/h1-7H;4-5H,1-3H2. The molecule has 0 saturated carbocycles. The predicted molar refractivity (Wildman–Crippen MR) is 67.4 cm³/mol. The summed E-state index contributed by atoms with van der Waals surface area (Å²) in [5.41, 5.74) is 1.06. The summed E-state index contributed by atoms with van der Waals surface area (Å²) < 4.78 is 0. The second-order valence-electron chi connectivity index (χ2n) is 3.77. The van der Waals surface area contributed by atoms with Crippen LogP contribution in [0.5, 0.6) is 0 Å². The highest BCUT2D eigenvalue weighted by Crippen LogP contribution is 2.07. The molecule has 17 heavy (non-hydrogen) atoms. The molecule has 1 amide bonds. The summed E-state index contributed by atoms with van der Waals surface area (Å²) in [6.45, 7) is 2.53. The highest BCUT2D eigenvalue weighted by Gasteiger charge is 2.05. The van der Waals surface area contributed by atoms with Crippen molar-refractivity contribution in [1.29, 1.82) is 0 Å². The lowest BCUT2D eigenvalue weighted by atomic mass is 10.2. The monoisotopic (exact) mass is 229 g/mol. The SMILES string of the molecule is O=CN1CCNC1.c1ccc2ncccc2c1. The average molecular weight is 229 g/mol. The molecule has 0 aliphatic carbocycles. The first-order valence-electron chi connectivity index (χ1n) is 5.60. The smallest absolute Gasteiger partial charge is 0.210 e. The summed E-state index contributed by atoms with van der Waals surface area (Å²) in [7, 11) is 0. The number of benzene rings is 1. The minimum Gasteiger partial charge on any atom is -0.331 e. The highest BCUT2D eigenvalue weighted by molar-refractivity contribution is 5.77. The number of carbonyl (C=O) groups is 1.